The van der Waals surface area contributed by atoms with Crippen LogP contribution in [-0.4, -0.2) is 9.55 Å². The third-order valence-corrected chi connectivity index (χ3v) is 3.73. The summed E-state index contributed by atoms with van der Waals surface area (Å²) in [4.78, 5) is 16.9. The van der Waals surface area contributed by atoms with Gasteiger partial charge in [-0.05, 0) is 30.3 Å². The Hall–Kier alpha value is -2.58. The Morgan fingerprint density at radius 1 is 1.17 bits per heavy atom. The Kier molecular flexibility index (Phi) is 3.94. The van der Waals surface area contributed by atoms with Gasteiger partial charge >= 0.3 is 6.18 Å². The Morgan fingerprint density at radius 2 is 1.88 bits per heavy atom. The second-order valence-electron chi connectivity index (χ2n) is 4.90. The molecule has 0 unspecified atom stereocenters. The predicted octanol–water partition coefficient (Wildman–Crippen LogP) is 3.34. The molecule has 0 radical (unpaired) electrons. The van der Waals surface area contributed by atoms with E-state index in [1.54, 1.807) is 24.3 Å². The molecule has 124 valence electrons. The maximum atomic E-state index is 12.8. The molecule has 0 bridgehead atoms. The van der Waals surface area contributed by atoms with Crippen molar-refractivity contribution in [3.63, 3.8) is 0 Å². The van der Waals surface area contributed by atoms with Crippen molar-refractivity contribution in [2.75, 3.05) is 5.43 Å². The summed E-state index contributed by atoms with van der Waals surface area (Å²) in [6.07, 6.45) is -4.59. The fourth-order valence-electron chi connectivity index (χ4n) is 2.34. The average Bonchev–Trinajstić information content (AvgIpc) is 2.53. The lowest BCUT2D eigenvalue weighted by molar-refractivity contribution is -0.137. The lowest BCUT2D eigenvalue weighted by Gasteiger charge is -2.15. The molecule has 3 aromatic rings. The van der Waals surface area contributed by atoms with E-state index in [1.807, 2.05) is 0 Å². The van der Waals surface area contributed by atoms with Gasteiger partial charge in [0.2, 0.25) is 5.95 Å². The van der Waals surface area contributed by atoms with Gasteiger partial charge in [0.1, 0.15) is 0 Å². The molecule has 5 nitrogen and oxygen atoms in total. The highest BCUT2D eigenvalue weighted by Crippen LogP contribution is 2.35. The Balaban J connectivity index is 2.28. The third kappa shape index (κ3) is 2.70. The number of alkyl halides is 3. The van der Waals surface area contributed by atoms with Crippen molar-refractivity contribution in [1.82, 2.24) is 9.55 Å². The van der Waals surface area contributed by atoms with Gasteiger partial charge in [-0.15, -0.1) is 0 Å². The van der Waals surface area contributed by atoms with Crippen molar-refractivity contribution < 1.29 is 13.2 Å². The van der Waals surface area contributed by atoms with Crippen LogP contribution in [0.5, 0.6) is 0 Å². The van der Waals surface area contributed by atoms with Crippen LogP contribution < -0.4 is 16.8 Å². The number of fused-ring (bicyclic) bond motifs is 1. The van der Waals surface area contributed by atoms with Gasteiger partial charge in [-0.1, -0.05) is 23.7 Å². The molecule has 0 aliphatic rings. The number of rotatable bonds is 2. The van der Waals surface area contributed by atoms with Gasteiger partial charge in [0.25, 0.3) is 5.56 Å². The van der Waals surface area contributed by atoms with Crippen LogP contribution in [0.1, 0.15) is 5.56 Å². The molecule has 9 heteroatoms. The minimum Gasteiger partial charge on any atom is -0.293 e. The molecule has 0 atom stereocenters. The molecule has 0 saturated carbocycles. The smallest absolute Gasteiger partial charge is 0.293 e. The minimum absolute atomic E-state index is 0.0190. The number of nitrogen functional groups attached to an aromatic ring is 1. The summed E-state index contributed by atoms with van der Waals surface area (Å²) in [6.45, 7) is 0. The number of benzene rings is 2. The summed E-state index contributed by atoms with van der Waals surface area (Å²) in [5.74, 6) is 5.38. The molecule has 0 aliphatic heterocycles. The van der Waals surface area contributed by atoms with Crippen LogP contribution in [0.2, 0.25) is 5.02 Å². The highest BCUT2D eigenvalue weighted by molar-refractivity contribution is 6.31. The van der Waals surface area contributed by atoms with Crippen molar-refractivity contribution in [1.29, 1.82) is 0 Å². The molecule has 0 spiro atoms. The van der Waals surface area contributed by atoms with Crippen molar-refractivity contribution in [3.8, 4) is 5.69 Å². The van der Waals surface area contributed by atoms with Crippen LogP contribution in [-0.2, 0) is 6.18 Å². The minimum atomic E-state index is -4.59. The van der Waals surface area contributed by atoms with E-state index >= 15 is 0 Å². The van der Waals surface area contributed by atoms with E-state index in [4.69, 9.17) is 17.4 Å². The lowest BCUT2D eigenvalue weighted by atomic mass is 10.2. The molecule has 0 fully saturated rings. The molecule has 0 amide bonds. The summed E-state index contributed by atoms with van der Waals surface area (Å²) < 4.78 is 39.5. The van der Waals surface area contributed by atoms with Gasteiger partial charge in [0.05, 0.1) is 27.2 Å². The third-order valence-electron chi connectivity index (χ3n) is 3.42. The molecular weight excluding hydrogens is 345 g/mol. The number of nitrogens with zero attached hydrogens (tertiary/aromatic N) is 2. The average molecular weight is 355 g/mol. The summed E-state index contributed by atoms with van der Waals surface area (Å²) >= 11 is 5.72. The van der Waals surface area contributed by atoms with Crippen LogP contribution in [0, 0.1) is 0 Å². The van der Waals surface area contributed by atoms with E-state index in [-0.39, 0.29) is 11.6 Å². The molecule has 2 aromatic carbocycles. The van der Waals surface area contributed by atoms with Crippen LogP contribution in [0.25, 0.3) is 16.6 Å². The van der Waals surface area contributed by atoms with Crippen molar-refractivity contribution in [2.24, 2.45) is 5.84 Å². The maximum absolute atomic E-state index is 12.8. The number of anilines is 1. The number of nitrogens with two attached hydrogens (primary N) is 1. The Bertz CT molecular complexity index is 985. The van der Waals surface area contributed by atoms with Crippen LogP contribution >= 0.6 is 11.6 Å². The number of halogens is 4. The first-order valence-corrected chi connectivity index (χ1v) is 7.06. The second-order valence-corrected chi connectivity index (χ2v) is 5.31. The number of hydrazine groups is 1. The zero-order valence-electron chi connectivity index (χ0n) is 11.9. The number of hydrogen-bond donors (Lipinski definition) is 2. The Morgan fingerprint density at radius 3 is 2.50 bits per heavy atom. The largest absolute Gasteiger partial charge is 0.417 e. The van der Waals surface area contributed by atoms with E-state index in [0.29, 0.717) is 10.9 Å². The van der Waals surface area contributed by atoms with Gasteiger partial charge < -0.3 is 0 Å². The molecule has 3 rings (SSSR count). The van der Waals surface area contributed by atoms with E-state index in [2.05, 4.69) is 10.4 Å². The molecular formula is C15H10ClF3N4O. The summed E-state index contributed by atoms with van der Waals surface area (Å²) in [6, 6.07) is 9.53. The van der Waals surface area contributed by atoms with E-state index in [9.17, 15) is 18.0 Å². The highest BCUT2D eigenvalue weighted by atomic mass is 35.5. The monoisotopic (exact) mass is 354 g/mol. The van der Waals surface area contributed by atoms with Gasteiger partial charge in [-0.2, -0.15) is 13.2 Å². The SMILES string of the molecule is NNc1nc2ccccc2c(=O)n1-c1ccc(C(F)(F)F)c(Cl)c1. The van der Waals surface area contributed by atoms with Crippen LogP contribution in [0.4, 0.5) is 19.1 Å². The number of aromatic nitrogens is 2. The van der Waals surface area contributed by atoms with Gasteiger partial charge in [0, 0.05) is 0 Å². The quantitative estimate of drug-likeness (QED) is 0.547. The predicted molar refractivity (Wildman–Crippen MR) is 85.2 cm³/mol. The number of nitrogens with one attached hydrogen (secondary N) is 1. The molecule has 0 saturated heterocycles. The van der Waals surface area contributed by atoms with Crippen LogP contribution in [0.15, 0.2) is 47.3 Å². The topological polar surface area (TPSA) is 72.9 Å². The summed E-state index contributed by atoms with van der Waals surface area (Å²) in [5.41, 5.74) is 1.33. The first-order valence-electron chi connectivity index (χ1n) is 6.68. The van der Waals surface area contributed by atoms with Crippen molar-refractivity contribution in [3.05, 3.63) is 63.4 Å². The van der Waals surface area contributed by atoms with Gasteiger partial charge in [-0.3, -0.25) is 10.2 Å². The fraction of sp³-hybridized carbons (Fsp3) is 0.0667. The van der Waals surface area contributed by atoms with E-state index in [0.717, 1.165) is 22.8 Å². The highest BCUT2D eigenvalue weighted by Gasteiger charge is 2.33. The zero-order chi connectivity index (χ0) is 17.5. The summed E-state index contributed by atoms with van der Waals surface area (Å²) in [5, 5.41) is -0.226. The molecule has 1 aromatic heterocycles. The fourth-order valence-corrected chi connectivity index (χ4v) is 2.62. The van der Waals surface area contributed by atoms with Gasteiger partial charge in [-0.25, -0.2) is 15.4 Å². The molecule has 0 aliphatic carbocycles. The second kappa shape index (κ2) is 5.81. The zero-order valence-corrected chi connectivity index (χ0v) is 12.7. The maximum Gasteiger partial charge on any atom is 0.417 e. The first-order chi connectivity index (χ1) is 11.3. The van der Waals surface area contributed by atoms with Crippen molar-refractivity contribution in [2.45, 2.75) is 6.18 Å². The summed E-state index contributed by atoms with van der Waals surface area (Å²) in [7, 11) is 0. The first kappa shape index (κ1) is 16.3. The molecule has 3 N–H and O–H groups in total. The van der Waals surface area contributed by atoms with Gasteiger partial charge in [0.15, 0.2) is 0 Å². The number of para-hydroxylation sites is 1. The van der Waals surface area contributed by atoms with Crippen LogP contribution in [0.3, 0.4) is 0 Å². The Labute approximate surface area is 138 Å². The van der Waals surface area contributed by atoms with E-state index < -0.39 is 22.3 Å². The normalized spacial score (nSPS) is 11.7. The molecule has 24 heavy (non-hydrogen) atoms. The standard InChI is InChI=1S/C15H10ClF3N4O/c16-11-7-8(5-6-10(11)15(17,18)19)23-13(24)9-3-1-2-4-12(9)21-14(23)22-20/h1-7H,20H2,(H,21,22). The molecule has 1 heterocycles. The lowest BCUT2D eigenvalue weighted by Crippen LogP contribution is -2.26. The number of hydrogen-bond acceptors (Lipinski definition) is 4. The van der Waals surface area contributed by atoms with E-state index in [1.165, 1.54) is 0 Å². The van der Waals surface area contributed by atoms with Crippen molar-refractivity contribution >= 4 is 28.5 Å².